The van der Waals surface area contributed by atoms with Gasteiger partial charge in [-0.15, -0.1) is 11.8 Å². The van der Waals surface area contributed by atoms with Gasteiger partial charge < -0.3 is 14.8 Å². The molecule has 0 saturated heterocycles. The molecule has 0 radical (unpaired) electrons. The standard InChI is InChI=1S/C28H36N4O6S2/c1-5-8-13-24-30-25(39-4)26(38-28(34)37-7-3)32(24)19-20-14-16-21(17-15-20)22-11-9-10-12-23(22)40(35,36)31-27(33)29-18-6-2/h9-12,14-17H,5-8,13,18-19H2,1-4H3,(H2,29,31,33). The van der Waals surface area contributed by atoms with E-state index in [-0.39, 0.29) is 11.5 Å². The van der Waals surface area contributed by atoms with Gasteiger partial charge in [0.2, 0.25) is 5.88 Å². The number of sulfonamides is 1. The molecule has 1 heterocycles. The van der Waals surface area contributed by atoms with E-state index in [4.69, 9.17) is 14.5 Å². The van der Waals surface area contributed by atoms with Crippen LogP contribution in [0.3, 0.4) is 0 Å². The van der Waals surface area contributed by atoms with Crippen molar-refractivity contribution in [1.82, 2.24) is 19.6 Å². The van der Waals surface area contributed by atoms with E-state index in [1.807, 2.05) is 42.0 Å². The number of hydrogen-bond donors (Lipinski definition) is 2. The molecular weight excluding hydrogens is 552 g/mol. The van der Waals surface area contributed by atoms with Crippen molar-refractivity contribution in [3.63, 3.8) is 0 Å². The predicted octanol–water partition coefficient (Wildman–Crippen LogP) is 5.60. The molecule has 0 aliphatic heterocycles. The Labute approximate surface area is 239 Å². The Balaban J connectivity index is 1.92. The molecule has 0 aliphatic rings. The van der Waals surface area contributed by atoms with Crippen LogP contribution in [0.5, 0.6) is 5.88 Å². The number of imidazole rings is 1. The number of urea groups is 1. The number of aryl methyl sites for hydroxylation is 1. The number of thioether (sulfide) groups is 1. The highest BCUT2D eigenvalue weighted by Crippen LogP contribution is 2.32. The molecule has 2 aromatic carbocycles. The summed E-state index contributed by atoms with van der Waals surface area (Å²) >= 11 is 1.39. The molecule has 2 N–H and O–H groups in total. The van der Waals surface area contributed by atoms with Gasteiger partial charge in [-0.3, -0.25) is 4.57 Å². The number of ether oxygens (including phenoxy) is 2. The highest BCUT2D eigenvalue weighted by atomic mass is 32.2. The second-order valence-corrected chi connectivity index (χ2v) is 11.3. The Morgan fingerprint density at radius 2 is 1.75 bits per heavy atom. The topological polar surface area (TPSA) is 129 Å². The largest absolute Gasteiger partial charge is 0.515 e. The number of nitrogens with one attached hydrogen (secondary N) is 2. The second-order valence-electron chi connectivity index (χ2n) is 8.87. The lowest BCUT2D eigenvalue weighted by Gasteiger charge is -2.14. The van der Waals surface area contributed by atoms with Gasteiger partial charge in [0.1, 0.15) is 5.82 Å². The molecule has 0 unspecified atom stereocenters. The summed E-state index contributed by atoms with van der Waals surface area (Å²) in [5.41, 5.74) is 2.04. The van der Waals surface area contributed by atoms with Crippen molar-refractivity contribution in [2.24, 2.45) is 0 Å². The molecule has 0 atom stereocenters. The van der Waals surface area contributed by atoms with Crippen molar-refractivity contribution < 1.29 is 27.5 Å². The van der Waals surface area contributed by atoms with Crippen LogP contribution in [0.2, 0.25) is 0 Å². The zero-order chi connectivity index (χ0) is 29.1. The molecule has 3 aromatic rings. The third-order valence-corrected chi connectivity index (χ3v) is 7.95. The van der Waals surface area contributed by atoms with Gasteiger partial charge in [0.25, 0.3) is 10.0 Å². The Hall–Kier alpha value is -3.51. The number of amides is 2. The van der Waals surface area contributed by atoms with Crippen LogP contribution in [0, 0.1) is 0 Å². The smallest absolute Gasteiger partial charge is 0.434 e. The maximum absolute atomic E-state index is 13.0. The van der Waals surface area contributed by atoms with Crippen molar-refractivity contribution in [2.75, 3.05) is 19.4 Å². The Kier molecular flexibility index (Phi) is 11.4. The van der Waals surface area contributed by atoms with Crippen LogP contribution in [0.15, 0.2) is 58.5 Å². The summed E-state index contributed by atoms with van der Waals surface area (Å²) in [7, 11) is -4.10. The zero-order valence-electron chi connectivity index (χ0n) is 23.2. The van der Waals surface area contributed by atoms with Gasteiger partial charge in [0, 0.05) is 18.5 Å². The Morgan fingerprint density at radius 3 is 2.40 bits per heavy atom. The maximum atomic E-state index is 13.0. The van der Waals surface area contributed by atoms with Gasteiger partial charge in [-0.25, -0.2) is 27.7 Å². The van der Waals surface area contributed by atoms with Crippen LogP contribution in [-0.2, 0) is 27.7 Å². The molecule has 0 fully saturated rings. The maximum Gasteiger partial charge on any atom is 0.515 e. The molecule has 12 heteroatoms. The lowest BCUT2D eigenvalue weighted by Crippen LogP contribution is -2.39. The average Bonchev–Trinajstić information content (AvgIpc) is 3.26. The second kappa shape index (κ2) is 14.8. The van der Waals surface area contributed by atoms with Crippen molar-refractivity contribution >= 4 is 34.0 Å². The minimum Gasteiger partial charge on any atom is -0.434 e. The molecule has 2 amide bonds. The number of carbonyl (C=O) groups is 2. The molecule has 3 rings (SSSR count). The third kappa shape index (κ3) is 8.01. The predicted molar refractivity (Wildman–Crippen MR) is 155 cm³/mol. The SMILES string of the molecule is CCCCc1nc(SC)c(OC(=O)OCC)n1Cc1ccc(-c2ccccc2S(=O)(=O)NC(=O)NCCC)cc1. The first-order chi connectivity index (χ1) is 19.2. The van der Waals surface area contributed by atoms with E-state index in [1.54, 1.807) is 25.1 Å². The molecule has 1 aromatic heterocycles. The molecule has 10 nitrogen and oxygen atoms in total. The van der Waals surface area contributed by atoms with E-state index in [1.165, 1.54) is 17.8 Å². The molecule has 0 spiro atoms. The first-order valence-corrected chi connectivity index (χ1v) is 15.9. The van der Waals surface area contributed by atoms with E-state index in [0.717, 1.165) is 30.7 Å². The van der Waals surface area contributed by atoms with Crippen LogP contribution in [0.25, 0.3) is 11.1 Å². The van der Waals surface area contributed by atoms with Crippen LogP contribution in [0.4, 0.5) is 9.59 Å². The summed E-state index contributed by atoms with van der Waals surface area (Å²) in [4.78, 5) is 28.9. The van der Waals surface area contributed by atoms with E-state index < -0.39 is 22.2 Å². The lowest BCUT2D eigenvalue weighted by atomic mass is 10.0. The van der Waals surface area contributed by atoms with Crippen LogP contribution < -0.4 is 14.8 Å². The van der Waals surface area contributed by atoms with Crippen molar-refractivity contribution in [2.45, 2.75) is 62.9 Å². The van der Waals surface area contributed by atoms with E-state index in [2.05, 4.69) is 17.0 Å². The number of carbonyl (C=O) groups excluding carboxylic acids is 2. The fourth-order valence-corrected chi connectivity index (χ4v) is 5.65. The number of nitrogens with zero attached hydrogens (tertiary/aromatic N) is 2. The highest BCUT2D eigenvalue weighted by Gasteiger charge is 2.23. The lowest BCUT2D eigenvalue weighted by molar-refractivity contribution is 0.0998. The average molecular weight is 589 g/mol. The first kappa shape index (κ1) is 31.0. The van der Waals surface area contributed by atoms with Gasteiger partial charge in [-0.1, -0.05) is 62.7 Å². The van der Waals surface area contributed by atoms with Gasteiger partial charge in [0.05, 0.1) is 18.0 Å². The van der Waals surface area contributed by atoms with Crippen molar-refractivity contribution in [3.05, 3.63) is 59.9 Å². The quantitative estimate of drug-likeness (QED) is 0.195. The van der Waals surface area contributed by atoms with Crippen LogP contribution in [0.1, 0.15) is 51.4 Å². The van der Waals surface area contributed by atoms with Crippen LogP contribution in [-0.4, -0.2) is 49.6 Å². The summed E-state index contributed by atoms with van der Waals surface area (Å²) in [6.45, 7) is 6.64. The number of benzene rings is 2. The molecule has 0 bridgehead atoms. The monoisotopic (exact) mass is 588 g/mol. The number of aromatic nitrogens is 2. The van der Waals surface area contributed by atoms with E-state index >= 15 is 0 Å². The van der Waals surface area contributed by atoms with Crippen LogP contribution >= 0.6 is 11.8 Å². The fourth-order valence-electron chi connectivity index (χ4n) is 3.97. The molecular formula is C28H36N4O6S2. The fraction of sp³-hybridized carbons (Fsp3) is 0.393. The molecule has 0 saturated carbocycles. The van der Waals surface area contributed by atoms with Gasteiger partial charge in [-0.05, 0) is 43.2 Å². The van der Waals surface area contributed by atoms with E-state index in [9.17, 15) is 18.0 Å². The summed E-state index contributed by atoms with van der Waals surface area (Å²) in [5.74, 6) is 1.14. The summed E-state index contributed by atoms with van der Waals surface area (Å²) in [6.07, 6.45) is 4.41. The number of unbranched alkanes of at least 4 members (excludes halogenated alkanes) is 1. The Morgan fingerprint density at radius 1 is 1.02 bits per heavy atom. The van der Waals surface area contributed by atoms with E-state index in [0.29, 0.717) is 41.5 Å². The molecule has 0 aliphatic carbocycles. The summed E-state index contributed by atoms with van der Waals surface area (Å²) < 4.78 is 40.5. The zero-order valence-corrected chi connectivity index (χ0v) is 24.9. The number of rotatable bonds is 13. The molecule has 40 heavy (non-hydrogen) atoms. The van der Waals surface area contributed by atoms with Crippen molar-refractivity contribution in [1.29, 1.82) is 0 Å². The van der Waals surface area contributed by atoms with Gasteiger partial charge in [0.15, 0.2) is 5.03 Å². The normalized spacial score (nSPS) is 11.2. The minimum atomic E-state index is -4.10. The Bertz CT molecular complexity index is 1400. The minimum absolute atomic E-state index is 0.000551. The van der Waals surface area contributed by atoms with Gasteiger partial charge >= 0.3 is 12.2 Å². The summed E-state index contributed by atoms with van der Waals surface area (Å²) in [6, 6.07) is 13.2. The number of hydrogen-bond acceptors (Lipinski definition) is 8. The molecule has 216 valence electrons. The highest BCUT2D eigenvalue weighted by molar-refractivity contribution is 7.98. The first-order valence-electron chi connectivity index (χ1n) is 13.2. The van der Waals surface area contributed by atoms with Crippen molar-refractivity contribution in [3.8, 4) is 17.0 Å². The third-order valence-electron chi connectivity index (χ3n) is 5.90. The van der Waals surface area contributed by atoms with Gasteiger partial charge in [-0.2, -0.15) is 0 Å². The summed E-state index contributed by atoms with van der Waals surface area (Å²) in [5, 5.41) is 3.12.